The lowest BCUT2D eigenvalue weighted by Crippen LogP contribution is -2.56. The average Bonchev–Trinajstić information content (AvgIpc) is 2.76. The van der Waals surface area contributed by atoms with Gasteiger partial charge in [0.15, 0.2) is 0 Å². The highest BCUT2D eigenvalue weighted by Crippen LogP contribution is 2.40. The summed E-state index contributed by atoms with van der Waals surface area (Å²) in [6.45, 7) is 10.5. The maximum Gasteiger partial charge on any atom is 0.323 e. The van der Waals surface area contributed by atoms with Gasteiger partial charge in [0.2, 0.25) is 0 Å². The van der Waals surface area contributed by atoms with Gasteiger partial charge < -0.3 is 15.2 Å². The molecule has 0 radical (unpaired) electrons. The molecule has 0 saturated carbocycles. The quantitative estimate of drug-likeness (QED) is 0.755. The summed E-state index contributed by atoms with van der Waals surface area (Å²) in [6, 6.07) is -0.211. The van der Waals surface area contributed by atoms with Gasteiger partial charge in [-0.3, -0.25) is 4.79 Å². The fourth-order valence-electron chi connectivity index (χ4n) is 2.90. The number of carbonyl (C=O) groups is 1. The second kappa shape index (κ2) is 5.57. The molecule has 0 aliphatic carbocycles. The monoisotopic (exact) mass is 257 g/mol. The van der Waals surface area contributed by atoms with Crippen LogP contribution in [0, 0.1) is 5.41 Å². The smallest absolute Gasteiger partial charge is 0.323 e. The third-order valence-electron chi connectivity index (χ3n) is 4.10. The van der Waals surface area contributed by atoms with Gasteiger partial charge in [-0.1, -0.05) is 27.7 Å². The Kier molecular flexibility index (Phi) is 4.78. The first kappa shape index (κ1) is 15.4. The number of nitrogens with one attached hydrogen (secondary N) is 1. The van der Waals surface area contributed by atoms with Crippen molar-refractivity contribution in [2.45, 2.75) is 71.6 Å². The Morgan fingerprint density at radius 1 is 1.50 bits per heavy atom. The lowest BCUT2D eigenvalue weighted by molar-refractivity contribution is -0.197. The van der Waals surface area contributed by atoms with Crippen molar-refractivity contribution in [2.24, 2.45) is 5.41 Å². The predicted molar refractivity (Wildman–Crippen MR) is 71.3 cm³/mol. The van der Waals surface area contributed by atoms with Crippen LogP contribution in [0.4, 0.5) is 0 Å². The maximum atomic E-state index is 12.2. The lowest BCUT2D eigenvalue weighted by Gasteiger charge is -2.46. The summed E-state index contributed by atoms with van der Waals surface area (Å²) < 4.78 is 5.75. The van der Waals surface area contributed by atoms with Crippen LogP contribution < -0.4 is 5.32 Å². The van der Waals surface area contributed by atoms with E-state index in [1.54, 1.807) is 6.92 Å². The van der Waals surface area contributed by atoms with Crippen LogP contribution in [-0.2, 0) is 9.53 Å². The Morgan fingerprint density at radius 3 is 2.44 bits per heavy atom. The Bertz CT molecular complexity index is 290. The second-order valence-electron chi connectivity index (χ2n) is 6.24. The van der Waals surface area contributed by atoms with E-state index in [9.17, 15) is 9.90 Å². The van der Waals surface area contributed by atoms with Crippen LogP contribution in [0.2, 0.25) is 0 Å². The third-order valence-corrected chi connectivity index (χ3v) is 4.10. The molecule has 1 rings (SSSR count). The molecule has 1 saturated heterocycles. The van der Waals surface area contributed by atoms with E-state index in [1.165, 1.54) is 0 Å². The van der Waals surface area contributed by atoms with Gasteiger partial charge in [-0.15, -0.1) is 0 Å². The number of rotatable bonds is 4. The van der Waals surface area contributed by atoms with E-state index in [1.807, 2.05) is 27.7 Å². The largest absolute Gasteiger partial charge is 0.455 e. The summed E-state index contributed by atoms with van der Waals surface area (Å²) in [4.78, 5) is 12.2. The van der Waals surface area contributed by atoms with Crippen molar-refractivity contribution in [1.82, 2.24) is 5.32 Å². The van der Waals surface area contributed by atoms with E-state index in [2.05, 4.69) is 5.32 Å². The van der Waals surface area contributed by atoms with Crippen molar-refractivity contribution in [3.05, 3.63) is 0 Å². The molecular weight excluding hydrogens is 230 g/mol. The van der Waals surface area contributed by atoms with E-state index in [0.29, 0.717) is 6.42 Å². The molecule has 3 atom stereocenters. The van der Waals surface area contributed by atoms with Gasteiger partial charge in [0.25, 0.3) is 0 Å². The standard InChI is InChI=1S/C14H27NO3/c1-6-14(10(2)16,13(3,4)5)18-12(17)11-8-7-9-15-11/h10-11,15-16H,6-9H2,1-5H3/t10?,11?,14-/m0/s1. The number of ether oxygens (including phenoxy) is 1. The van der Waals surface area contributed by atoms with Crippen LogP contribution in [0.25, 0.3) is 0 Å². The molecule has 18 heavy (non-hydrogen) atoms. The Hall–Kier alpha value is -0.610. The van der Waals surface area contributed by atoms with Crippen LogP contribution >= 0.6 is 0 Å². The molecule has 4 heteroatoms. The van der Waals surface area contributed by atoms with E-state index in [-0.39, 0.29) is 17.4 Å². The minimum Gasteiger partial charge on any atom is -0.455 e. The van der Waals surface area contributed by atoms with Crippen molar-refractivity contribution in [3.8, 4) is 0 Å². The topological polar surface area (TPSA) is 58.6 Å². The van der Waals surface area contributed by atoms with E-state index < -0.39 is 11.7 Å². The van der Waals surface area contributed by atoms with Crippen molar-refractivity contribution in [1.29, 1.82) is 0 Å². The molecule has 1 aliphatic heterocycles. The van der Waals surface area contributed by atoms with Gasteiger partial charge >= 0.3 is 5.97 Å². The molecule has 0 aromatic heterocycles. The molecule has 1 heterocycles. The Balaban J connectivity index is 2.87. The first-order valence-electron chi connectivity index (χ1n) is 6.89. The highest BCUT2D eigenvalue weighted by Gasteiger charge is 2.49. The highest BCUT2D eigenvalue weighted by atomic mass is 16.6. The molecule has 4 nitrogen and oxygen atoms in total. The number of aliphatic hydroxyl groups is 1. The normalized spacial score (nSPS) is 25.6. The lowest BCUT2D eigenvalue weighted by atomic mass is 9.71. The first-order valence-corrected chi connectivity index (χ1v) is 6.89. The number of aliphatic hydroxyl groups excluding tert-OH is 1. The maximum absolute atomic E-state index is 12.2. The molecule has 2 N–H and O–H groups in total. The average molecular weight is 257 g/mol. The molecule has 1 aliphatic rings. The first-order chi connectivity index (χ1) is 8.24. The molecule has 106 valence electrons. The van der Waals surface area contributed by atoms with Crippen LogP contribution in [0.3, 0.4) is 0 Å². The third kappa shape index (κ3) is 2.86. The zero-order chi connectivity index (χ0) is 14.0. The molecule has 0 bridgehead atoms. The molecule has 1 fully saturated rings. The predicted octanol–water partition coefficient (Wildman–Crippen LogP) is 1.86. The van der Waals surface area contributed by atoms with Crippen LogP contribution in [0.1, 0.15) is 53.9 Å². The molecule has 0 aromatic rings. The zero-order valence-corrected chi connectivity index (χ0v) is 12.2. The highest BCUT2D eigenvalue weighted by molar-refractivity contribution is 5.76. The van der Waals surface area contributed by atoms with Crippen molar-refractivity contribution in [3.63, 3.8) is 0 Å². The minimum absolute atomic E-state index is 0.211. The Labute approximate surface area is 110 Å². The SMILES string of the molecule is CC[C@](OC(=O)C1CCCN1)(C(C)O)C(C)(C)C. The van der Waals surface area contributed by atoms with E-state index >= 15 is 0 Å². The molecule has 0 amide bonds. The summed E-state index contributed by atoms with van der Waals surface area (Å²) in [5, 5.41) is 13.2. The number of hydrogen-bond donors (Lipinski definition) is 2. The second-order valence-corrected chi connectivity index (χ2v) is 6.24. The van der Waals surface area contributed by atoms with Crippen molar-refractivity contribution >= 4 is 5.97 Å². The van der Waals surface area contributed by atoms with Crippen LogP contribution in [0.15, 0.2) is 0 Å². The van der Waals surface area contributed by atoms with Gasteiger partial charge in [-0.05, 0) is 32.7 Å². The fraction of sp³-hybridized carbons (Fsp3) is 0.929. The summed E-state index contributed by atoms with van der Waals surface area (Å²) in [6.07, 6.45) is 1.74. The summed E-state index contributed by atoms with van der Waals surface area (Å²) in [5.41, 5.74) is -1.13. The van der Waals surface area contributed by atoms with Crippen LogP contribution in [0.5, 0.6) is 0 Å². The molecule has 0 spiro atoms. The van der Waals surface area contributed by atoms with Crippen molar-refractivity contribution in [2.75, 3.05) is 6.54 Å². The zero-order valence-electron chi connectivity index (χ0n) is 12.2. The van der Waals surface area contributed by atoms with Gasteiger partial charge in [0, 0.05) is 5.41 Å². The summed E-state index contributed by atoms with van der Waals surface area (Å²) >= 11 is 0. The molecule has 0 aromatic carbocycles. The van der Waals surface area contributed by atoms with Gasteiger partial charge in [-0.25, -0.2) is 0 Å². The van der Waals surface area contributed by atoms with Gasteiger partial charge in [0.05, 0.1) is 6.10 Å². The number of carbonyl (C=O) groups excluding carboxylic acids is 1. The van der Waals surface area contributed by atoms with Gasteiger partial charge in [0.1, 0.15) is 11.6 Å². The fourth-order valence-corrected chi connectivity index (χ4v) is 2.90. The summed E-state index contributed by atoms with van der Waals surface area (Å²) in [5.74, 6) is -0.231. The minimum atomic E-state index is -0.825. The number of esters is 1. The molecule has 2 unspecified atom stereocenters. The Morgan fingerprint density at radius 2 is 2.11 bits per heavy atom. The van der Waals surface area contributed by atoms with Crippen LogP contribution in [-0.4, -0.2) is 35.4 Å². The van der Waals surface area contributed by atoms with E-state index in [0.717, 1.165) is 19.4 Å². The summed E-state index contributed by atoms with van der Waals surface area (Å²) in [7, 11) is 0. The number of hydrogen-bond acceptors (Lipinski definition) is 4. The van der Waals surface area contributed by atoms with Crippen molar-refractivity contribution < 1.29 is 14.6 Å². The van der Waals surface area contributed by atoms with E-state index in [4.69, 9.17) is 4.74 Å². The van der Waals surface area contributed by atoms with Gasteiger partial charge in [-0.2, -0.15) is 0 Å². The molecular formula is C14H27NO3.